The molecule has 5 heteroatoms. The maximum absolute atomic E-state index is 12.5. The molecule has 1 heterocycles. The van der Waals surface area contributed by atoms with Crippen molar-refractivity contribution in [1.29, 1.82) is 0 Å². The average Bonchev–Trinajstić information content (AvgIpc) is 3.32. The van der Waals surface area contributed by atoms with Crippen molar-refractivity contribution < 1.29 is 4.79 Å². The van der Waals surface area contributed by atoms with Gasteiger partial charge in [-0.15, -0.1) is 12.4 Å². The van der Waals surface area contributed by atoms with Crippen molar-refractivity contribution in [2.24, 2.45) is 5.92 Å². The van der Waals surface area contributed by atoms with Crippen molar-refractivity contribution in [1.82, 2.24) is 10.2 Å². The van der Waals surface area contributed by atoms with Crippen molar-refractivity contribution in [3.63, 3.8) is 0 Å². The van der Waals surface area contributed by atoms with Crippen molar-refractivity contribution in [2.45, 2.75) is 38.6 Å². The molecule has 22 heavy (non-hydrogen) atoms. The molecule has 1 aromatic rings. The van der Waals surface area contributed by atoms with Gasteiger partial charge in [0.25, 0.3) is 5.91 Å². The van der Waals surface area contributed by atoms with E-state index in [-0.39, 0.29) is 18.3 Å². The van der Waals surface area contributed by atoms with Crippen LogP contribution in [0, 0.1) is 16.4 Å². The topological polar surface area (TPSA) is 32.3 Å². The van der Waals surface area contributed by atoms with Gasteiger partial charge in [-0.25, -0.2) is 0 Å². The Morgan fingerprint density at radius 3 is 2.55 bits per heavy atom. The van der Waals surface area contributed by atoms with Crippen molar-refractivity contribution in [2.75, 3.05) is 19.6 Å². The van der Waals surface area contributed by atoms with Gasteiger partial charge in [0.1, 0.15) is 0 Å². The van der Waals surface area contributed by atoms with Crippen molar-refractivity contribution in [3.05, 3.63) is 32.9 Å². The van der Waals surface area contributed by atoms with E-state index in [0.717, 1.165) is 37.4 Å². The fourth-order valence-corrected chi connectivity index (χ4v) is 3.37. The van der Waals surface area contributed by atoms with Gasteiger partial charge in [-0.2, -0.15) is 0 Å². The summed E-state index contributed by atoms with van der Waals surface area (Å²) >= 11 is 2.30. The van der Waals surface area contributed by atoms with Gasteiger partial charge in [0.2, 0.25) is 0 Å². The number of amides is 1. The number of carbonyl (C=O) groups excluding carboxylic acids is 1. The molecule has 0 unspecified atom stereocenters. The highest BCUT2D eigenvalue weighted by atomic mass is 127. The minimum Gasteiger partial charge on any atom is -0.339 e. The van der Waals surface area contributed by atoms with Crippen LogP contribution in [0.25, 0.3) is 0 Å². The van der Waals surface area contributed by atoms with Crippen molar-refractivity contribution in [3.8, 4) is 0 Å². The molecule has 2 aliphatic rings. The Kier molecular flexibility index (Phi) is 6.53. The third kappa shape index (κ3) is 4.59. The fourth-order valence-electron chi connectivity index (χ4n) is 2.85. The number of hydrogen-bond donors (Lipinski definition) is 1. The first-order valence-corrected chi connectivity index (χ1v) is 9.00. The molecule has 1 amide bonds. The first-order chi connectivity index (χ1) is 10.1. The SMILES string of the molecule is Cc1ccc(C(=O)N2CCC(NCC3CC3)CC2)cc1I.Cl. The molecular formula is C17H24ClIN2O. The van der Waals surface area contributed by atoms with E-state index in [2.05, 4.69) is 34.8 Å². The third-order valence-electron chi connectivity index (χ3n) is 4.59. The maximum Gasteiger partial charge on any atom is 0.253 e. The van der Waals surface area contributed by atoms with E-state index < -0.39 is 0 Å². The van der Waals surface area contributed by atoms with E-state index >= 15 is 0 Å². The largest absolute Gasteiger partial charge is 0.339 e. The van der Waals surface area contributed by atoms with Gasteiger partial charge in [0.05, 0.1) is 0 Å². The Morgan fingerprint density at radius 1 is 1.27 bits per heavy atom. The van der Waals surface area contributed by atoms with Gasteiger partial charge in [0.15, 0.2) is 0 Å². The minimum absolute atomic E-state index is 0. The van der Waals surface area contributed by atoms with Crippen LogP contribution in [-0.4, -0.2) is 36.5 Å². The lowest BCUT2D eigenvalue weighted by Crippen LogP contribution is -2.45. The molecule has 122 valence electrons. The van der Waals surface area contributed by atoms with Crippen LogP contribution < -0.4 is 5.32 Å². The predicted octanol–water partition coefficient (Wildman–Crippen LogP) is 3.63. The summed E-state index contributed by atoms with van der Waals surface area (Å²) in [5.41, 5.74) is 2.06. The number of carbonyl (C=O) groups is 1. The number of aryl methyl sites for hydroxylation is 1. The van der Waals surface area contributed by atoms with Gasteiger partial charge < -0.3 is 10.2 Å². The van der Waals surface area contributed by atoms with E-state index in [9.17, 15) is 4.79 Å². The summed E-state index contributed by atoms with van der Waals surface area (Å²) in [6, 6.07) is 6.61. The van der Waals surface area contributed by atoms with Crippen molar-refractivity contribution >= 4 is 40.9 Å². The molecule has 1 saturated carbocycles. The highest BCUT2D eigenvalue weighted by Gasteiger charge is 2.26. The lowest BCUT2D eigenvalue weighted by atomic mass is 10.0. The first-order valence-electron chi connectivity index (χ1n) is 7.92. The molecule has 2 fully saturated rings. The summed E-state index contributed by atoms with van der Waals surface area (Å²) in [5, 5.41) is 3.66. The van der Waals surface area contributed by atoms with Crippen LogP contribution in [0.5, 0.6) is 0 Å². The quantitative estimate of drug-likeness (QED) is 0.734. The number of piperidine rings is 1. The second-order valence-electron chi connectivity index (χ2n) is 6.38. The Morgan fingerprint density at radius 2 is 1.95 bits per heavy atom. The molecule has 0 spiro atoms. The molecule has 1 saturated heterocycles. The van der Waals surface area contributed by atoms with Crippen LogP contribution >= 0.6 is 35.0 Å². The van der Waals surface area contributed by atoms with Crippen LogP contribution in [0.2, 0.25) is 0 Å². The Hall–Kier alpha value is -0.330. The van der Waals surface area contributed by atoms with Gasteiger partial charge in [-0.3, -0.25) is 4.79 Å². The molecule has 0 bridgehead atoms. The summed E-state index contributed by atoms with van der Waals surface area (Å²) in [7, 11) is 0. The van der Waals surface area contributed by atoms with E-state index in [0.29, 0.717) is 6.04 Å². The Balaban J connectivity index is 0.00000176. The number of likely N-dealkylation sites (tertiary alicyclic amines) is 1. The average molecular weight is 435 g/mol. The number of benzene rings is 1. The predicted molar refractivity (Wildman–Crippen MR) is 101 cm³/mol. The zero-order chi connectivity index (χ0) is 14.8. The molecule has 1 N–H and O–H groups in total. The highest BCUT2D eigenvalue weighted by molar-refractivity contribution is 14.1. The van der Waals surface area contributed by atoms with E-state index in [1.165, 1.54) is 28.5 Å². The maximum atomic E-state index is 12.5. The van der Waals surface area contributed by atoms with E-state index in [1.54, 1.807) is 0 Å². The molecular weight excluding hydrogens is 411 g/mol. The van der Waals surface area contributed by atoms with Crippen LogP contribution in [0.15, 0.2) is 18.2 Å². The van der Waals surface area contributed by atoms with Gasteiger partial charge in [-0.1, -0.05) is 6.07 Å². The monoisotopic (exact) mass is 434 g/mol. The normalized spacial score (nSPS) is 18.9. The van der Waals surface area contributed by atoms with E-state index in [1.807, 2.05) is 23.1 Å². The summed E-state index contributed by atoms with van der Waals surface area (Å²) < 4.78 is 1.17. The molecule has 0 atom stereocenters. The molecule has 1 aliphatic carbocycles. The first kappa shape index (κ1) is 18.0. The number of nitrogens with zero attached hydrogens (tertiary/aromatic N) is 1. The fraction of sp³-hybridized carbons (Fsp3) is 0.588. The van der Waals surface area contributed by atoms with Crippen LogP contribution in [-0.2, 0) is 0 Å². The number of hydrogen-bond acceptors (Lipinski definition) is 2. The standard InChI is InChI=1S/C17H23IN2O.ClH/c1-12-2-5-14(10-16(12)18)17(21)20-8-6-15(7-9-20)19-11-13-3-4-13;/h2,5,10,13,15,19H,3-4,6-9,11H2,1H3;1H. The molecule has 0 radical (unpaired) electrons. The van der Waals surface area contributed by atoms with E-state index in [4.69, 9.17) is 0 Å². The summed E-state index contributed by atoms with van der Waals surface area (Å²) in [6.07, 6.45) is 4.97. The second-order valence-corrected chi connectivity index (χ2v) is 7.54. The smallest absolute Gasteiger partial charge is 0.253 e. The number of rotatable bonds is 4. The lowest BCUT2D eigenvalue weighted by molar-refractivity contribution is 0.0705. The molecule has 0 aromatic heterocycles. The number of halogens is 2. The highest BCUT2D eigenvalue weighted by Crippen LogP contribution is 2.28. The van der Waals surface area contributed by atoms with Crippen LogP contribution in [0.3, 0.4) is 0 Å². The zero-order valence-corrected chi connectivity index (χ0v) is 16.0. The Bertz CT molecular complexity index is 525. The summed E-state index contributed by atoms with van der Waals surface area (Å²) in [4.78, 5) is 14.6. The van der Waals surface area contributed by atoms with Gasteiger partial charge in [0, 0.05) is 28.3 Å². The van der Waals surface area contributed by atoms with Crippen LogP contribution in [0.4, 0.5) is 0 Å². The summed E-state index contributed by atoms with van der Waals surface area (Å²) in [6.45, 7) is 5.01. The molecule has 3 nitrogen and oxygen atoms in total. The molecule has 1 aromatic carbocycles. The second kappa shape index (κ2) is 7.97. The Labute approximate surface area is 152 Å². The molecule has 3 rings (SSSR count). The van der Waals surface area contributed by atoms with Crippen LogP contribution in [0.1, 0.15) is 41.6 Å². The third-order valence-corrected chi connectivity index (χ3v) is 5.76. The van der Waals surface area contributed by atoms with Gasteiger partial charge >= 0.3 is 0 Å². The lowest BCUT2D eigenvalue weighted by Gasteiger charge is -2.32. The zero-order valence-electron chi connectivity index (χ0n) is 13.0. The number of nitrogens with one attached hydrogen (secondary N) is 1. The minimum atomic E-state index is 0. The summed E-state index contributed by atoms with van der Waals surface area (Å²) in [5.74, 6) is 1.12. The van der Waals surface area contributed by atoms with Gasteiger partial charge in [-0.05, 0) is 85.4 Å². The molecule has 1 aliphatic heterocycles.